The Morgan fingerprint density at radius 1 is 1.31 bits per heavy atom. The van der Waals surface area contributed by atoms with Crippen LogP contribution < -0.4 is 10.2 Å². The van der Waals surface area contributed by atoms with E-state index >= 15 is 0 Å². The second kappa shape index (κ2) is 7.07. The summed E-state index contributed by atoms with van der Waals surface area (Å²) in [7, 11) is 0. The van der Waals surface area contributed by atoms with Crippen LogP contribution in [0.4, 0.5) is 25.8 Å². The molecule has 0 aliphatic carbocycles. The first-order chi connectivity index (χ1) is 12.3. The Balaban J connectivity index is 1.76. The topological polar surface area (TPSA) is 75.5 Å². The molecule has 1 aliphatic heterocycles. The van der Waals surface area contributed by atoms with Gasteiger partial charge in [0.25, 0.3) is 5.69 Å². The zero-order chi connectivity index (χ0) is 18.8. The fraction of sp³-hybridized carbons (Fsp3) is 0.278. The number of nitrogens with zero attached hydrogens (tertiary/aromatic N) is 2. The summed E-state index contributed by atoms with van der Waals surface area (Å²) in [6.45, 7) is 1.95. The van der Waals surface area contributed by atoms with E-state index in [4.69, 9.17) is 0 Å². The second-order valence-electron chi connectivity index (χ2n) is 6.23. The zero-order valence-electron chi connectivity index (χ0n) is 14.1. The van der Waals surface area contributed by atoms with Crippen LogP contribution in [-0.4, -0.2) is 23.9 Å². The third-order valence-corrected chi connectivity index (χ3v) is 4.32. The van der Waals surface area contributed by atoms with Crippen LogP contribution in [0.1, 0.15) is 17.5 Å². The molecule has 3 rings (SSSR count). The summed E-state index contributed by atoms with van der Waals surface area (Å²) in [5.41, 5.74) is 1.47. The van der Waals surface area contributed by atoms with Gasteiger partial charge in [0.2, 0.25) is 5.91 Å². The molecule has 0 spiro atoms. The summed E-state index contributed by atoms with van der Waals surface area (Å²) in [6, 6.07) is 6.49. The lowest BCUT2D eigenvalue weighted by atomic mass is 10.0. The highest BCUT2D eigenvalue weighted by Gasteiger charge is 2.24. The minimum absolute atomic E-state index is 0.0902. The van der Waals surface area contributed by atoms with Crippen LogP contribution in [0, 0.1) is 28.7 Å². The van der Waals surface area contributed by atoms with Crippen molar-refractivity contribution in [1.82, 2.24) is 0 Å². The molecule has 0 radical (unpaired) electrons. The van der Waals surface area contributed by atoms with Gasteiger partial charge in [-0.2, -0.15) is 0 Å². The summed E-state index contributed by atoms with van der Waals surface area (Å²) in [4.78, 5) is 24.3. The van der Waals surface area contributed by atoms with Crippen LogP contribution in [0.25, 0.3) is 0 Å². The van der Waals surface area contributed by atoms with Crippen molar-refractivity contribution in [2.75, 3.05) is 23.3 Å². The lowest BCUT2D eigenvalue weighted by molar-refractivity contribution is -0.385. The molecule has 26 heavy (non-hydrogen) atoms. The van der Waals surface area contributed by atoms with E-state index in [9.17, 15) is 23.7 Å². The Morgan fingerprint density at radius 2 is 2.08 bits per heavy atom. The molecule has 0 aromatic heterocycles. The first-order valence-corrected chi connectivity index (χ1v) is 8.13. The monoisotopic (exact) mass is 361 g/mol. The quantitative estimate of drug-likeness (QED) is 0.667. The number of benzene rings is 2. The third-order valence-electron chi connectivity index (χ3n) is 4.32. The molecule has 2 aromatic carbocycles. The van der Waals surface area contributed by atoms with Gasteiger partial charge < -0.3 is 10.2 Å². The van der Waals surface area contributed by atoms with E-state index in [1.165, 1.54) is 12.1 Å². The van der Waals surface area contributed by atoms with Crippen LogP contribution in [0.5, 0.6) is 0 Å². The largest absolute Gasteiger partial charge is 0.360 e. The van der Waals surface area contributed by atoms with Gasteiger partial charge in [0.15, 0.2) is 0 Å². The molecule has 0 bridgehead atoms. The van der Waals surface area contributed by atoms with Crippen LogP contribution in [0.3, 0.4) is 0 Å². The molecule has 2 aromatic rings. The highest BCUT2D eigenvalue weighted by Crippen LogP contribution is 2.31. The van der Waals surface area contributed by atoms with Crippen molar-refractivity contribution in [3.8, 4) is 0 Å². The number of carbonyl (C=O) groups is 1. The Morgan fingerprint density at radius 3 is 2.81 bits per heavy atom. The van der Waals surface area contributed by atoms with Gasteiger partial charge >= 0.3 is 0 Å². The lowest BCUT2D eigenvalue weighted by Crippen LogP contribution is -2.37. The maximum Gasteiger partial charge on any atom is 0.274 e. The van der Waals surface area contributed by atoms with Gasteiger partial charge in [-0.15, -0.1) is 0 Å². The van der Waals surface area contributed by atoms with Crippen molar-refractivity contribution in [3.05, 3.63) is 63.2 Å². The van der Waals surface area contributed by atoms with Gasteiger partial charge in [-0.1, -0.05) is 6.07 Å². The number of rotatable bonds is 4. The minimum atomic E-state index is -0.696. The first-order valence-electron chi connectivity index (χ1n) is 8.13. The molecule has 0 saturated carbocycles. The molecule has 1 N–H and O–H groups in total. The number of carbonyl (C=O) groups excluding carboxylic acids is 1. The molecule has 136 valence electrons. The van der Waals surface area contributed by atoms with Crippen molar-refractivity contribution in [3.63, 3.8) is 0 Å². The third kappa shape index (κ3) is 3.63. The van der Waals surface area contributed by atoms with Gasteiger partial charge in [0.05, 0.1) is 17.2 Å². The highest BCUT2D eigenvalue weighted by molar-refractivity contribution is 5.94. The maximum absolute atomic E-state index is 14.2. The molecule has 0 saturated heterocycles. The smallest absolute Gasteiger partial charge is 0.274 e. The van der Waals surface area contributed by atoms with E-state index in [1.54, 1.807) is 24.0 Å². The number of aryl methyl sites for hydroxylation is 2. The van der Waals surface area contributed by atoms with Crippen LogP contribution >= 0.6 is 0 Å². The average molecular weight is 361 g/mol. The number of nitro groups is 1. The number of fused-ring (bicyclic) bond motifs is 1. The van der Waals surface area contributed by atoms with Crippen molar-refractivity contribution >= 4 is 23.0 Å². The standard InChI is InChI=1S/C18H17F2N3O3/c1-11-4-5-14(9-16(11)23(25)26)21-17(24)10-22-6-2-3-12-7-13(19)8-15(20)18(12)22/h4-5,7-9H,2-3,6,10H2,1H3,(H,21,24). The van der Waals surface area contributed by atoms with Gasteiger partial charge in [0, 0.05) is 29.9 Å². The molecule has 1 aliphatic rings. The number of amides is 1. The predicted octanol–water partition coefficient (Wildman–Crippen LogP) is 3.57. The van der Waals surface area contributed by atoms with E-state index in [2.05, 4.69) is 5.32 Å². The number of hydrogen-bond donors (Lipinski definition) is 1. The molecule has 1 heterocycles. The minimum Gasteiger partial charge on any atom is -0.360 e. The normalized spacial score (nSPS) is 13.3. The number of nitrogens with one attached hydrogen (secondary N) is 1. The van der Waals surface area contributed by atoms with E-state index in [0.29, 0.717) is 36.2 Å². The van der Waals surface area contributed by atoms with Crippen molar-refractivity contribution in [2.45, 2.75) is 19.8 Å². The van der Waals surface area contributed by atoms with Crippen molar-refractivity contribution in [1.29, 1.82) is 0 Å². The molecular weight excluding hydrogens is 344 g/mol. The predicted molar refractivity (Wildman–Crippen MR) is 93.4 cm³/mol. The van der Waals surface area contributed by atoms with Crippen LogP contribution in [-0.2, 0) is 11.2 Å². The Kier molecular flexibility index (Phi) is 4.83. The first kappa shape index (κ1) is 17.8. The highest BCUT2D eigenvalue weighted by atomic mass is 19.1. The van der Waals surface area contributed by atoms with Gasteiger partial charge in [-0.3, -0.25) is 14.9 Å². The fourth-order valence-corrected chi connectivity index (χ4v) is 3.15. The molecule has 0 unspecified atom stereocenters. The summed E-state index contributed by atoms with van der Waals surface area (Å²) >= 11 is 0. The summed E-state index contributed by atoms with van der Waals surface area (Å²) < 4.78 is 27.5. The van der Waals surface area contributed by atoms with Gasteiger partial charge in [0.1, 0.15) is 11.6 Å². The molecule has 0 fully saturated rings. The number of halogens is 2. The molecule has 8 heteroatoms. The van der Waals surface area contributed by atoms with E-state index in [1.807, 2.05) is 0 Å². The Labute approximate surface area is 148 Å². The molecule has 0 atom stereocenters. The van der Waals surface area contributed by atoms with E-state index in [0.717, 1.165) is 6.07 Å². The summed E-state index contributed by atoms with van der Waals surface area (Å²) in [5.74, 6) is -1.77. The number of nitro benzene ring substituents is 1. The molecule has 1 amide bonds. The Hall–Kier alpha value is -3.03. The maximum atomic E-state index is 14.2. The van der Waals surface area contributed by atoms with Gasteiger partial charge in [-0.25, -0.2) is 8.78 Å². The second-order valence-corrected chi connectivity index (χ2v) is 6.23. The van der Waals surface area contributed by atoms with E-state index in [-0.39, 0.29) is 17.9 Å². The molecular formula is C18H17F2N3O3. The zero-order valence-corrected chi connectivity index (χ0v) is 14.1. The van der Waals surface area contributed by atoms with Crippen LogP contribution in [0.2, 0.25) is 0 Å². The summed E-state index contributed by atoms with van der Waals surface area (Å²) in [5, 5.41) is 13.6. The Bertz CT molecular complexity index is 886. The lowest BCUT2D eigenvalue weighted by Gasteiger charge is -2.31. The summed E-state index contributed by atoms with van der Waals surface area (Å²) in [6.07, 6.45) is 1.23. The van der Waals surface area contributed by atoms with E-state index < -0.39 is 22.5 Å². The van der Waals surface area contributed by atoms with Crippen molar-refractivity contribution < 1.29 is 18.5 Å². The average Bonchev–Trinajstić information content (AvgIpc) is 2.55. The number of anilines is 2. The SMILES string of the molecule is Cc1ccc(NC(=O)CN2CCCc3cc(F)cc(F)c32)cc1[N+](=O)[O-]. The fourth-order valence-electron chi connectivity index (χ4n) is 3.15. The molecule has 6 nitrogen and oxygen atoms in total. The van der Waals surface area contributed by atoms with Crippen LogP contribution in [0.15, 0.2) is 30.3 Å². The van der Waals surface area contributed by atoms with Gasteiger partial charge in [-0.05, 0) is 37.5 Å². The number of hydrogen-bond acceptors (Lipinski definition) is 4. The van der Waals surface area contributed by atoms with Crippen molar-refractivity contribution in [2.24, 2.45) is 0 Å².